The molecule has 13 heteroatoms. The number of allylic oxidation sites excluding steroid dienone is 2. The minimum absolute atomic E-state index is 0.128. The van der Waals surface area contributed by atoms with E-state index in [1.165, 1.54) is 9.80 Å². The molecule has 2 saturated heterocycles. The van der Waals surface area contributed by atoms with Crippen LogP contribution >= 0.6 is 34.5 Å². The summed E-state index contributed by atoms with van der Waals surface area (Å²) < 4.78 is 8.38. The number of phenols is 1. The summed E-state index contributed by atoms with van der Waals surface area (Å²) in [6.45, 7) is 5.90. The lowest BCUT2D eigenvalue weighted by atomic mass is 9.51. The second-order valence-corrected chi connectivity index (χ2v) is 16.9. The molecule has 0 bridgehead atoms. The molecule has 3 aromatic carbocycles. The first-order valence-electron chi connectivity index (χ1n) is 18.2. The number of ether oxygens (including phenoxy) is 1. The van der Waals surface area contributed by atoms with Gasteiger partial charge < -0.3 is 9.84 Å². The highest BCUT2D eigenvalue weighted by atomic mass is 35.5. The highest BCUT2D eigenvalue weighted by Gasteiger charge is 2.68. The van der Waals surface area contributed by atoms with Crippen LogP contribution in [0.2, 0.25) is 10.0 Å². The molecule has 5 aromatic rings. The van der Waals surface area contributed by atoms with Crippen LogP contribution in [0.25, 0.3) is 20.7 Å². The van der Waals surface area contributed by atoms with Crippen molar-refractivity contribution >= 4 is 79.8 Å². The summed E-state index contributed by atoms with van der Waals surface area (Å²) in [5.74, 6) is -4.74. The summed E-state index contributed by atoms with van der Waals surface area (Å²) in [6, 6.07) is 19.2. The lowest BCUT2D eigenvalue weighted by Crippen LogP contribution is -2.49. The fourth-order valence-electron chi connectivity index (χ4n) is 9.68. The van der Waals surface area contributed by atoms with Crippen LogP contribution in [0.5, 0.6) is 11.5 Å². The lowest BCUT2D eigenvalue weighted by Gasteiger charge is -2.49. The number of carbonyl (C=O) groups is 4. The number of fused-ring (bicyclic) bond motifs is 5. The molecule has 2 aromatic heterocycles. The number of imide groups is 2. The average molecular weight is 796 g/mol. The Bertz CT molecular complexity index is 2530. The van der Waals surface area contributed by atoms with E-state index in [4.69, 9.17) is 33.0 Å². The maximum atomic E-state index is 15.2. The Labute approximate surface area is 330 Å². The molecule has 3 fully saturated rings. The molecule has 2 aliphatic heterocycles. The van der Waals surface area contributed by atoms with Gasteiger partial charge in [0.05, 0.1) is 40.3 Å². The maximum Gasteiger partial charge on any atom is 0.242 e. The third-order valence-corrected chi connectivity index (χ3v) is 14.0. The van der Waals surface area contributed by atoms with E-state index in [0.717, 1.165) is 26.1 Å². The summed E-state index contributed by atoms with van der Waals surface area (Å²) in [5, 5.41) is 18.7. The number of phenolic OH excluding ortho intramolecular Hbond substituents is 1. The fraction of sp³-hybridized carbons (Fsp3) is 0.310. The maximum absolute atomic E-state index is 15.2. The average Bonchev–Trinajstić information content (AvgIpc) is 3.83. The number of rotatable bonds is 6. The fourth-order valence-corrected chi connectivity index (χ4v) is 11.1. The van der Waals surface area contributed by atoms with E-state index in [9.17, 15) is 19.5 Å². The topological polar surface area (TPSA) is 122 Å². The van der Waals surface area contributed by atoms with Crippen molar-refractivity contribution in [2.45, 2.75) is 39.5 Å². The number of hydrogen-bond donors (Lipinski definition) is 1. The van der Waals surface area contributed by atoms with Gasteiger partial charge in [0.15, 0.2) is 11.5 Å². The molecule has 9 rings (SSSR count). The summed E-state index contributed by atoms with van der Waals surface area (Å²) in [5.41, 5.74) is 1.85. The van der Waals surface area contributed by atoms with Gasteiger partial charge in [0.1, 0.15) is 11.5 Å². The van der Waals surface area contributed by atoms with Gasteiger partial charge in [-0.1, -0.05) is 47.0 Å². The molecular weight excluding hydrogens is 759 g/mol. The van der Waals surface area contributed by atoms with Gasteiger partial charge in [-0.2, -0.15) is 5.10 Å². The largest absolute Gasteiger partial charge is 0.504 e. The van der Waals surface area contributed by atoms with Gasteiger partial charge >= 0.3 is 0 Å². The zero-order valence-corrected chi connectivity index (χ0v) is 32.7. The molecule has 6 atom stereocenters. The summed E-state index contributed by atoms with van der Waals surface area (Å²) in [7, 11) is 1.71. The molecule has 280 valence electrons. The molecule has 6 unspecified atom stereocenters. The molecule has 4 aliphatic rings. The number of aromatic nitrogens is 2. The van der Waals surface area contributed by atoms with Crippen molar-refractivity contribution in [1.29, 1.82) is 0 Å². The predicted molar refractivity (Wildman–Crippen MR) is 212 cm³/mol. The number of para-hydroxylation sites is 1. The molecule has 10 nitrogen and oxygen atoms in total. The third-order valence-electron chi connectivity index (χ3n) is 12.2. The van der Waals surface area contributed by atoms with Gasteiger partial charge in [-0.25, -0.2) is 4.90 Å². The van der Waals surface area contributed by atoms with Crippen molar-refractivity contribution in [3.8, 4) is 22.1 Å². The molecule has 55 heavy (non-hydrogen) atoms. The van der Waals surface area contributed by atoms with E-state index in [1.54, 1.807) is 78.5 Å². The minimum Gasteiger partial charge on any atom is -0.504 e. The van der Waals surface area contributed by atoms with Crippen molar-refractivity contribution < 1.29 is 29.0 Å². The van der Waals surface area contributed by atoms with Crippen LogP contribution in [0.4, 0.5) is 11.5 Å². The van der Waals surface area contributed by atoms with E-state index in [1.807, 2.05) is 38.1 Å². The normalized spacial score (nSPS) is 26.1. The van der Waals surface area contributed by atoms with Crippen LogP contribution in [0.3, 0.4) is 0 Å². The van der Waals surface area contributed by atoms with Crippen LogP contribution in [-0.2, 0) is 26.2 Å². The first-order chi connectivity index (χ1) is 26.3. The first kappa shape index (κ1) is 35.7. The Morgan fingerprint density at radius 2 is 1.69 bits per heavy atom. The smallest absolute Gasteiger partial charge is 0.242 e. The van der Waals surface area contributed by atoms with Crippen LogP contribution in [0.1, 0.15) is 43.7 Å². The Morgan fingerprint density at radius 1 is 0.945 bits per heavy atom. The van der Waals surface area contributed by atoms with Gasteiger partial charge in [0.25, 0.3) is 0 Å². The molecule has 4 heterocycles. The number of amides is 4. The number of aromatic hydroxyl groups is 1. The number of anilines is 2. The zero-order chi connectivity index (χ0) is 38.7. The van der Waals surface area contributed by atoms with E-state index in [-0.39, 0.29) is 36.2 Å². The Hall–Kier alpha value is -4.97. The minimum atomic E-state index is -1.37. The number of aryl methyl sites for hydroxylation is 2. The van der Waals surface area contributed by atoms with Gasteiger partial charge in [0, 0.05) is 39.3 Å². The SMILES string of the molecule is CCOc1cccc(C2C3=CCC4C(=O)N(c5ccc(Cl)cc5)C(=O)C4C3CC3C(=O)N(c4cc(-c5sc6ccc(Cl)cc6c5C)nn4C)C(=O)C32C)c1O. The molecule has 0 radical (unpaired) electrons. The van der Waals surface area contributed by atoms with Crippen LogP contribution in [0.15, 0.2) is 78.4 Å². The Balaban J connectivity index is 1.17. The highest BCUT2D eigenvalue weighted by Crippen LogP contribution is 2.65. The number of nitrogens with zero attached hydrogens (tertiary/aromatic N) is 4. The Morgan fingerprint density at radius 3 is 2.44 bits per heavy atom. The van der Waals surface area contributed by atoms with Gasteiger partial charge in [0.2, 0.25) is 23.6 Å². The van der Waals surface area contributed by atoms with Crippen molar-refractivity contribution in [3.05, 3.63) is 99.6 Å². The molecule has 1 N–H and O–H groups in total. The second-order valence-electron chi connectivity index (χ2n) is 15.0. The molecular formula is C42H36Cl2N4O6S. The van der Waals surface area contributed by atoms with Gasteiger partial charge in [-0.05, 0) is 99.0 Å². The van der Waals surface area contributed by atoms with Crippen LogP contribution < -0.4 is 14.5 Å². The van der Waals surface area contributed by atoms with E-state index in [0.29, 0.717) is 39.4 Å². The third kappa shape index (κ3) is 5.09. The van der Waals surface area contributed by atoms with Crippen molar-refractivity contribution in [2.75, 3.05) is 16.4 Å². The zero-order valence-electron chi connectivity index (χ0n) is 30.4. The van der Waals surface area contributed by atoms with Gasteiger partial charge in [-0.3, -0.25) is 28.8 Å². The van der Waals surface area contributed by atoms with Gasteiger partial charge in [-0.15, -0.1) is 11.3 Å². The van der Waals surface area contributed by atoms with E-state index in [2.05, 4.69) is 0 Å². The van der Waals surface area contributed by atoms with E-state index >= 15 is 4.79 Å². The quantitative estimate of drug-likeness (QED) is 0.135. The predicted octanol–water partition coefficient (Wildman–Crippen LogP) is 8.46. The molecule has 1 saturated carbocycles. The van der Waals surface area contributed by atoms with Crippen molar-refractivity contribution in [1.82, 2.24) is 9.78 Å². The number of benzene rings is 3. The number of hydrogen-bond acceptors (Lipinski definition) is 8. The molecule has 0 spiro atoms. The summed E-state index contributed by atoms with van der Waals surface area (Å²) >= 11 is 14.0. The number of halogens is 2. The van der Waals surface area contributed by atoms with Crippen LogP contribution in [0, 0.1) is 36.0 Å². The van der Waals surface area contributed by atoms with Crippen LogP contribution in [-0.4, -0.2) is 45.1 Å². The van der Waals surface area contributed by atoms with Crippen molar-refractivity contribution in [2.24, 2.45) is 36.1 Å². The summed E-state index contributed by atoms with van der Waals surface area (Å²) in [6.07, 6.45) is 2.40. The standard InChI is InChI=1S/C42H36Cl2N4O6S/c1-5-54-31-8-6-7-26(36(31)49)35-24-14-15-25-34(40(52)47(38(25)50)23-12-9-21(43)10-13-23)28(24)18-29-39(51)48(41(53)42(29,35)3)33-19-30(45-46(33)4)37-20(2)27-17-22(44)11-16-32(27)55-37/h6-14,16-17,19,25,28-29,34-35,49H,5,15,18H2,1-4H3. The lowest BCUT2D eigenvalue weighted by molar-refractivity contribution is -0.131. The number of carbonyl (C=O) groups excluding carboxylic acids is 4. The monoisotopic (exact) mass is 794 g/mol. The molecule has 2 aliphatic carbocycles. The van der Waals surface area contributed by atoms with Crippen molar-refractivity contribution in [3.63, 3.8) is 0 Å². The number of thiophene rings is 1. The second kappa shape index (κ2) is 12.8. The Kier molecular flexibility index (Phi) is 8.31. The highest BCUT2D eigenvalue weighted by molar-refractivity contribution is 7.22. The first-order valence-corrected chi connectivity index (χ1v) is 19.8. The van der Waals surface area contributed by atoms with E-state index < -0.39 is 46.8 Å². The molecule has 4 amide bonds. The summed E-state index contributed by atoms with van der Waals surface area (Å²) in [4.78, 5) is 61.9.